The smallest absolute Gasteiger partial charge is 0.248 e. The topological polar surface area (TPSA) is 58.6 Å². The summed E-state index contributed by atoms with van der Waals surface area (Å²) in [4.78, 5) is 26.1. The molecule has 2 aliphatic heterocycles. The zero-order valence-electron chi connectivity index (χ0n) is 14.3. The van der Waals surface area contributed by atoms with Crippen molar-refractivity contribution in [2.45, 2.75) is 44.8 Å². The van der Waals surface area contributed by atoms with Gasteiger partial charge in [-0.15, -0.1) is 0 Å². The highest BCUT2D eigenvalue weighted by atomic mass is 16.5. The maximum Gasteiger partial charge on any atom is 0.248 e. The zero-order valence-corrected chi connectivity index (χ0v) is 14.3. The molecule has 1 spiro atoms. The predicted molar refractivity (Wildman–Crippen MR) is 89.4 cm³/mol. The molecule has 2 atom stereocenters. The van der Waals surface area contributed by atoms with Crippen LogP contribution < -0.4 is 5.32 Å². The van der Waals surface area contributed by atoms with Crippen molar-refractivity contribution in [2.75, 3.05) is 19.7 Å². The molecule has 0 radical (unpaired) electrons. The summed E-state index contributed by atoms with van der Waals surface area (Å²) in [6.07, 6.45) is 2.33. The summed E-state index contributed by atoms with van der Waals surface area (Å²) in [5, 5.41) is 2.92. The molecule has 3 fully saturated rings. The van der Waals surface area contributed by atoms with E-state index in [-0.39, 0.29) is 24.3 Å². The number of likely N-dealkylation sites (tertiary alicyclic amines) is 1. The Morgan fingerprint density at radius 1 is 1.25 bits per heavy atom. The van der Waals surface area contributed by atoms with Crippen LogP contribution in [-0.2, 0) is 14.3 Å². The number of aryl methyl sites for hydroxylation is 2. The van der Waals surface area contributed by atoms with Crippen LogP contribution in [0, 0.1) is 19.8 Å². The Morgan fingerprint density at radius 3 is 2.62 bits per heavy atom. The molecule has 2 saturated heterocycles. The van der Waals surface area contributed by atoms with Gasteiger partial charge in [-0.25, -0.2) is 0 Å². The maximum absolute atomic E-state index is 12.8. The minimum Gasteiger partial charge on any atom is -0.346 e. The number of amides is 2. The highest BCUT2D eigenvalue weighted by molar-refractivity contribution is 5.83. The Bertz CT molecular complexity index is 692. The summed E-state index contributed by atoms with van der Waals surface area (Å²) in [5.41, 5.74) is 3.35. The largest absolute Gasteiger partial charge is 0.346 e. The Balaban J connectivity index is 1.36. The standard InChI is InChI=1S/C19H24N2O3/c1-12-3-4-14(9-13(12)2)15-10-16(15)18(23)21-7-5-19(6-8-21)20-17(22)11-24-19/h3-4,9,15-16H,5-8,10-11H2,1-2H3,(H,20,22)/t15-,16+/m0/s1. The number of nitrogens with one attached hydrogen (secondary N) is 1. The third kappa shape index (κ3) is 2.71. The van der Waals surface area contributed by atoms with Gasteiger partial charge in [-0.2, -0.15) is 0 Å². The molecule has 3 aliphatic rings. The van der Waals surface area contributed by atoms with Crippen molar-refractivity contribution >= 4 is 11.8 Å². The molecule has 0 bridgehead atoms. The highest BCUT2D eigenvalue weighted by Gasteiger charge is 2.48. The lowest BCUT2D eigenvalue weighted by Crippen LogP contribution is -2.53. The fraction of sp³-hybridized carbons (Fsp3) is 0.579. The molecule has 1 N–H and O–H groups in total. The summed E-state index contributed by atoms with van der Waals surface area (Å²) in [6, 6.07) is 6.53. The predicted octanol–water partition coefficient (Wildman–Crippen LogP) is 1.87. The Hall–Kier alpha value is -1.88. The summed E-state index contributed by atoms with van der Waals surface area (Å²) in [7, 11) is 0. The first-order valence-corrected chi connectivity index (χ1v) is 8.78. The van der Waals surface area contributed by atoms with Crippen LogP contribution in [0.25, 0.3) is 0 Å². The van der Waals surface area contributed by atoms with Crippen LogP contribution in [0.1, 0.15) is 41.9 Å². The second-order valence-electron chi connectivity index (χ2n) is 7.45. The SMILES string of the molecule is Cc1ccc([C@@H]2C[C@H]2C(=O)N2CCC3(CC2)NC(=O)CO3)cc1C. The van der Waals surface area contributed by atoms with Crippen molar-refractivity contribution in [3.63, 3.8) is 0 Å². The highest BCUT2D eigenvalue weighted by Crippen LogP contribution is 2.49. The summed E-state index contributed by atoms with van der Waals surface area (Å²) >= 11 is 0. The van der Waals surface area contributed by atoms with Crippen molar-refractivity contribution in [3.05, 3.63) is 34.9 Å². The van der Waals surface area contributed by atoms with Crippen LogP contribution in [0.2, 0.25) is 0 Å². The lowest BCUT2D eigenvalue weighted by Gasteiger charge is -2.38. The van der Waals surface area contributed by atoms with Crippen molar-refractivity contribution in [1.82, 2.24) is 10.2 Å². The number of hydrogen-bond donors (Lipinski definition) is 1. The van der Waals surface area contributed by atoms with Gasteiger partial charge in [-0.05, 0) is 42.9 Å². The van der Waals surface area contributed by atoms with Gasteiger partial charge < -0.3 is 15.0 Å². The van der Waals surface area contributed by atoms with Crippen LogP contribution >= 0.6 is 0 Å². The minimum atomic E-state index is -0.523. The fourth-order valence-electron chi connectivity index (χ4n) is 3.95. The first-order chi connectivity index (χ1) is 11.5. The molecule has 1 aromatic rings. The molecule has 4 rings (SSSR count). The van der Waals surface area contributed by atoms with Gasteiger partial charge in [0.25, 0.3) is 0 Å². The molecule has 1 aliphatic carbocycles. The number of ether oxygens (including phenoxy) is 1. The molecule has 5 heteroatoms. The van der Waals surface area contributed by atoms with E-state index in [9.17, 15) is 9.59 Å². The van der Waals surface area contributed by atoms with Gasteiger partial charge in [-0.1, -0.05) is 18.2 Å². The zero-order chi connectivity index (χ0) is 16.9. The van der Waals surface area contributed by atoms with E-state index < -0.39 is 5.72 Å². The number of rotatable bonds is 2. The Kier molecular flexibility index (Phi) is 3.64. The van der Waals surface area contributed by atoms with Gasteiger partial charge in [0, 0.05) is 31.8 Å². The number of benzene rings is 1. The number of nitrogens with zero attached hydrogens (tertiary/aromatic N) is 1. The average molecular weight is 328 g/mol. The molecule has 24 heavy (non-hydrogen) atoms. The third-order valence-corrected chi connectivity index (χ3v) is 5.80. The van der Waals surface area contributed by atoms with E-state index in [0.29, 0.717) is 31.8 Å². The number of carbonyl (C=O) groups is 2. The first-order valence-electron chi connectivity index (χ1n) is 8.78. The van der Waals surface area contributed by atoms with Crippen LogP contribution in [-0.4, -0.2) is 42.1 Å². The summed E-state index contributed by atoms with van der Waals surface area (Å²) in [5.74, 6) is 0.708. The van der Waals surface area contributed by atoms with Gasteiger partial charge in [0.15, 0.2) is 0 Å². The lowest BCUT2D eigenvalue weighted by molar-refractivity contribution is -0.138. The van der Waals surface area contributed by atoms with Crippen molar-refractivity contribution < 1.29 is 14.3 Å². The summed E-state index contributed by atoms with van der Waals surface area (Å²) in [6.45, 7) is 5.70. The molecular formula is C19H24N2O3. The maximum atomic E-state index is 12.8. The van der Waals surface area contributed by atoms with Crippen LogP contribution in [0.3, 0.4) is 0 Å². The monoisotopic (exact) mass is 328 g/mol. The van der Waals surface area contributed by atoms with Crippen molar-refractivity contribution in [3.8, 4) is 0 Å². The van der Waals surface area contributed by atoms with E-state index in [1.807, 2.05) is 4.90 Å². The molecule has 0 aromatic heterocycles. The third-order valence-electron chi connectivity index (χ3n) is 5.80. The number of hydrogen-bond acceptors (Lipinski definition) is 3. The van der Waals surface area contributed by atoms with Crippen LogP contribution in [0.15, 0.2) is 18.2 Å². The van der Waals surface area contributed by atoms with E-state index in [0.717, 1.165) is 6.42 Å². The van der Waals surface area contributed by atoms with E-state index in [4.69, 9.17) is 4.74 Å². The van der Waals surface area contributed by atoms with Crippen LogP contribution in [0.5, 0.6) is 0 Å². The van der Waals surface area contributed by atoms with Crippen molar-refractivity contribution in [1.29, 1.82) is 0 Å². The van der Waals surface area contributed by atoms with Crippen LogP contribution in [0.4, 0.5) is 0 Å². The lowest BCUT2D eigenvalue weighted by atomic mass is 9.99. The normalized spacial score (nSPS) is 28.1. The quantitative estimate of drug-likeness (QED) is 0.902. The number of piperidine rings is 1. The number of carbonyl (C=O) groups excluding carboxylic acids is 2. The Labute approximate surface area is 142 Å². The van der Waals surface area contributed by atoms with E-state index >= 15 is 0 Å². The van der Waals surface area contributed by atoms with Crippen molar-refractivity contribution in [2.24, 2.45) is 5.92 Å². The van der Waals surface area contributed by atoms with Gasteiger partial charge >= 0.3 is 0 Å². The second kappa shape index (κ2) is 5.59. The molecular weight excluding hydrogens is 304 g/mol. The van der Waals surface area contributed by atoms with E-state index in [1.165, 1.54) is 16.7 Å². The second-order valence-corrected chi connectivity index (χ2v) is 7.45. The van der Waals surface area contributed by atoms with E-state index in [2.05, 4.69) is 37.4 Å². The van der Waals surface area contributed by atoms with Gasteiger partial charge in [-0.3, -0.25) is 9.59 Å². The minimum absolute atomic E-state index is 0.0493. The molecule has 2 amide bonds. The molecule has 128 valence electrons. The molecule has 0 unspecified atom stereocenters. The first kappa shape index (κ1) is 15.6. The average Bonchev–Trinajstić information content (AvgIpc) is 3.29. The molecule has 2 heterocycles. The Morgan fingerprint density at radius 2 is 2.00 bits per heavy atom. The molecule has 1 aromatic carbocycles. The molecule has 1 saturated carbocycles. The van der Waals surface area contributed by atoms with Gasteiger partial charge in [0.2, 0.25) is 11.8 Å². The van der Waals surface area contributed by atoms with Gasteiger partial charge in [0.1, 0.15) is 12.3 Å². The van der Waals surface area contributed by atoms with E-state index in [1.54, 1.807) is 0 Å². The fourth-order valence-corrected chi connectivity index (χ4v) is 3.95. The summed E-state index contributed by atoms with van der Waals surface area (Å²) < 4.78 is 5.61. The molecule has 5 nitrogen and oxygen atoms in total. The van der Waals surface area contributed by atoms with Gasteiger partial charge in [0.05, 0.1) is 0 Å².